The monoisotopic (exact) mass is 304 g/mol. The topological polar surface area (TPSA) is 64.7 Å². The van der Waals surface area contributed by atoms with Gasteiger partial charge in [-0.25, -0.2) is 4.98 Å². The summed E-state index contributed by atoms with van der Waals surface area (Å²) in [6, 6.07) is 7.46. The third-order valence-corrected chi connectivity index (χ3v) is 3.51. The normalized spacial score (nSPS) is 11.6. The molecule has 0 spiro atoms. The molecule has 0 saturated heterocycles. The number of hydrogen-bond donors (Lipinski definition) is 0. The maximum absolute atomic E-state index is 5.28. The molecular weight excluding hydrogens is 288 g/mol. The molecule has 1 atom stereocenters. The molecule has 0 aromatic carbocycles. The minimum Gasteiger partial charge on any atom is -0.339 e. The number of aromatic nitrogens is 4. The van der Waals surface area contributed by atoms with Crippen molar-refractivity contribution in [1.29, 1.82) is 0 Å². The number of rotatable bonds is 3. The van der Waals surface area contributed by atoms with E-state index in [1.165, 1.54) is 0 Å². The van der Waals surface area contributed by atoms with Gasteiger partial charge in [-0.1, -0.05) is 24.9 Å². The van der Waals surface area contributed by atoms with E-state index < -0.39 is 0 Å². The lowest BCUT2D eigenvalue weighted by molar-refractivity contribution is 0.357. The van der Waals surface area contributed by atoms with Crippen LogP contribution >= 0.6 is 0 Å². The smallest absolute Gasteiger partial charge is 0.229 e. The summed E-state index contributed by atoms with van der Waals surface area (Å²) >= 11 is 0. The average Bonchev–Trinajstić information content (AvgIpc) is 3.11. The van der Waals surface area contributed by atoms with E-state index in [4.69, 9.17) is 4.52 Å². The summed E-state index contributed by atoms with van der Waals surface area (Å²) < 4.78 is 5.28. The Kier molecular flexibility index (Phi) is 4.44. The van der Waals surface area contributed by atoms with Gasteiger partial charge < -0.3 is 4.52 Å². The molecule has 0 saturated carbocycles. The Labute approximate surface area is 134 Å². The summed E-state index contributed by atoms with van der Waals surface area (Å²) in [5, 5.41) is 4.01. The zero-order chi connectivity index (χ0) is 16.1. The second kappa shape index (κ2) is 6.84. The van der Waals surface area contributed by atoms with E-state index >= 15 is 0 Å². The molecule has 0 N–H and O–H groups in total. The van der Waals surface area contributed by atoms with Crippen molar-refractivity contribution in [2.45, 2.75) is 26.2 Å². The van der Waals surface area contributed by atoms with Crippen molar-refractivity contribution < 1.29 is 4.52 Å². The van der Waals surface area contributed by atoms with Crippen LogP contribution in [0.4, 0.5) is 0 Å². The van der Waals surface area contributed by atoms with Crippen LogP contribution in [0.25, 0.3) is 11.4 Å². The molecule has 0 fully saturated rings. The highest BCUT2D eigenvalue weighted by molar-refractivity contribution is 5.54. The lowest BCUT2D eigenvalue weighted by atomic mass is 10.1. The molecule has 1 unspecified atom stereocenters. The molecule has 114 valence electrons. The van der Waals surface area contributed by atoms with Gasteiger partial charge in [0.25, 0.3) is 0 Å². The molecule has 0 bridgehead atoms. The molecule has 3 rings (SSSR count). The molecule has 3 heterocycles. The maximum Gasteiger partial charge on any atom is 0.229 e. The Balaban J connectivity index is 1.77. The summed E-state index contributed by atoms with van der Waals surface area (Å²) in [6.07, 6.45) is 6.10. The Hall–Kier alpha value is -3.00. The fourth-order valence-electron chi connectivity index (χ4n) is 1.90. The first kappa shape index (κ1) is 14.9. The van der Waals surface area contributed by atoms with Crippen molar-refractivity contribution in [3.63, 3.8) is 0 Å². The van der Waals surface area contributed by atoms with Crippen molar-refractivity contribution in [3.8, 4) is 23.2 Å². The molecule has 3 aromatic rings. The Morgan fingerprint density at radius 3 is 2.65 bits per heavy atom. The molecule has 0 aliphatic carbocycles. The van der Waals surface area contributed by atoms with E-state index in [2.05, 4.69) is 45.8 Å². The molecule has 5 heteroatoms. The van der Waals surface area contributed by atoms with E-state index in [0.29, 0.717) is 17.4 Å². The lowest BCUT2D eigenvalue weighted by Gasteiger charge is -1.98. The van der Waals surface area contributed by atoms with Crippen LogP contribution in [0.2, 0.25) is 0 Å². The zero-order valence-corrected chi connectivity index (χ0v) is 13.0. The Bertz CT molecular complexity index is 829. The minimum absolute atomic E-state index is 0.259. The summed E-state index contributed by atoms with van der Waals surface area (Å²) in [5.41, 5.74) is 2.41. The maximum atomic E-state index is 5.28. The molecular formula is C18H16N4O. The molecule has 5 nitrogen and oxygen atoms in total. The van der Waals surface area contributed by atoms with Gasteiger partial charge >= 0.3 is 0 Å². The van der Waals surface area contributed by atoms with Gasteiger partial charge in [-0.3, -0.25) is 4.98 Å². The summed E-state index contributed by atoms with van der Waals surface area (Å²) in [7, 11) is 0. The van der Waals surface area contributed by atoms with Gasteiger partial charge in [-0.15, -0.1) is 0 Å². The van der Waals surface area contributed by atoms with Gasteiger partial charge in [0.2, 0.25) is 11.7 Å². The molecule has 3 aromatic heterocycles. The van der Waals surface area contributed by atoms with Crippen molar-refractivity contribution in [1.82, 2.24) is 20.1 Å². The highest BCUT2D eigenvalue weighted by Crippen LogP contribution is 2.20. The molecule has 0 amide bonds. The zero-order valence-electron chi connectivity index (χ0n) is 13.0. The number of pyridine rings is 2. The van der Waals surface area contributed by atoms with Gasteiger partial charge in [0.1, 0.15) is 5.69 Å². The third-order valence-electron chi connectivity index (χ3n) is 3.51. The van der Waals surface area contributed by atoms with Crippen molar-refractivity contribution >= 4 is 0 Å². The lowest BCUT2D eigenvalue weighted by Crippen LogP contribution is -1.91. The van der Waals surface area contributed by atoms with Crippen LogP contribution in [-0.4, -0.2) is 20.1 Å². The molecule has 0 aliphatic rings. The van der Waals surface area contributed by atoms with Crippen LogP contribution in [0.15, 0.2) is 47.4 Å². The third kappa shape index (κ3) is 3.61. The first-order valence-electron chi connectivity index (χ1n) is 7.48. The quantitative estimate of drug-likeness (QED) is 0.693. The van der Waals surface area contributed by atoms with Crippen LogP contribution in [-0.2, 0) is 0 Å². The van der Waals surface area contributed by atoms with Crippen LogP contribution in [0.3, 0.4) is 0 Å². The summed E-state index contributed by atoms with van der Waals surface area (Å²) in [5.74, 6) is 7.54. The number of hydrogen-bond acceptors (Lipinski definition) is 5. The SMILES string of the molecule is CCC(C)c1nc(-c2ccc(C#Cc3ccncc3)nc2)no1. The average molecular weight is 304 g/mol. The van der Waals surface area contributed by atoms with E-state index in [9.17, 15) is 0 Å². The predicted molar refractivity (Wildman–Crippen MR) is 86.5 cm³/mol. The number of nitrogens with zero attached hydrogens (tertiary/aromatic N) is 4. The van der Waals surface area contributed by atoms with Crippen molar-refractivity contribution in [2.75, 3.05) is 0 Å². The van der Waals surface area contributed by atoms with Gasteiger partial charge in [-0.2, -0.15) is 4.98 Å². The van der Waals surface area contributed by atoms with Crippen LogP contribution in [0.1, 0.15) is 43.3 Å². The second-order valence-corrected chi connectivity index (χ2v) is 5.18. The van der Waals surface area contributed by atoms with Crippen molar-refractivity contribution in [3.05, 3.63) is 60.0 Å². The van der Waals surface area contributed by atoms with Crippen molar-refractivity contribution in [2.24, 2.45) is 0 Å². The fourth-order valence-corrected chi connectivity index (χ4v) is 1.90. The Morgan fingerprint density at radius 2 is 1.96 bits per heavy atom. The largest absolute Gasteiger partial charge is 0.339 e. The molecule has 0 aliphatic heterocycles. The van der Waals surface area contributed by atoms with E-state index in [1.807, 2.05) is 24.3 Å². The standard InChI is InChI=1S/C18H16N4O/c1-3-13(2)18-21-17(22-23-18)15-5-7-16(20-12-15)6-4-14-8-10-19-11-9-14/h5,7-13H,3H2,1-2H3. The highest BCUT2D eigenvalue weighted by atomic mass is 16.5. The summed E-state index contributed by atoms with van der Waals surface area (Å²) in [4.78, 5) is 12.7. The van der Waals surface area contributed by atoms with Crippen LogP contribution < -0.4 is 0 Å². The van der Waals surface area contributed by atoms with Gasteiger partial charge in [-0.05, 0) is 36.6 Å². The predicted octanol–water partition coefficient (Wildman–Crippen LogP) is 3.44. The summed E-state index contributed by atoms with van der Waals surface area (Å²) in [6.45, 7) is 4.15. The van der Waals surface area contributed by atoms with Crippen LogP contribution in [0, 0.1) is 11.8 Å². The minimum atomic E-state index is 0.259. The van der Waals surface area contributed by atoms with E-state index in [-0.39, 0.29) is 5.92 Å². The van der Waals surface area contributed by atoms with E-state index in [1.54, 1.807) is 18.6 Å². The molecule has 0 radical (unpaired) electrons. The van der Waals surface area contributed by atoms with Gasteiger partial charge in [0, 0.05) is 35.6 Å². The molecule has 23 heavy (non-hydrogen) atoms. The van der Waals surface area contributed by atoms with Crippen LogP contribution in [0.5, 0.6) is 0 Å². The first-order chi connectivity index (χ1) is 11.3. The second-order valence-electron chi connectivity index (χ2n) is 5.18. The Morgan fingerprint density at radius 1 is 1.13 bits per heavy atom. The van der Waals surface area contributed by atoms with Gasteiger partial charge in [0.05, 0.1) is 0 Å². The first-order valence-corrected chi connectivity index (χ1v) is 7.48. The fraction of sp³-hybridized carbons (Fsp3) is 0.222. The highest BCUT2D eigenvalue weighted by Gasteiger charge is 2.13. The van der Waals surface area contributed by atoms with E-state index in [0.717, 1.165) is 17.5 Å². The van der Waals surface area contributed by atoms with Gasteiger partial charge in [0.15, 0.2) is 0 Å².